The molecule has 1 heteroatoms. The van der Waals surface area contributed by atoms with Gasteiger partial charge in [-0.3, -0.25) is 0 Å². The van der Waals surface area contributed by atoms with Crippen molar-refractivity contribution in [2.24, 2.45) is 11.8 Å². The third-order valence-corrected chi connectivity index (χ3v) is 5.09. The summed E-state index contributed by atoms with van der Waals surface area (Å²) in [4.78, 5) is 0. The Morgan fingerprint density at radius 1 is 1.15 bits per heavy atom. The molecular weight excluding hydrogens is 244 g/mol. The SMILES string of the molecule is CCCCC1CCC(C(O)Cc2ccccc2C)CC1. The van der Waals surface area contributed by atoms with E-state index in [2.05, 4.69) is 38.1 Å². The molecule has 1 aromatic rings. The van der Waals surface area contributed by atoms with Gasteiger partial charge in [-0.05, 0) is 49.1 Å². The normalized spacial score (nSPS) is 24.6. The molecule has 1 nitrogen and oxygen atoms in total. The summed E-state index contributed by atoms with van der Waals surface area (Å²) in [6.45, 7) is 4.42. The van der Waals surface area contributed by atoms with Gasteiger partial charge < -0.3 is 5.11 Å². The van der Waals surface area contributed by atoms with Gasteiger partial charge in [0, 0.05) is 0 Å². The van der Waals surface area contributed by atoms with Crippen LogP contribution in [-0.4, -0.2) is 11.2 Å². The maximum atomic E-state index is 10.5. The van der Waals surface area contributed by atoms with Crippen LogP contribution in [0.15, 0.2) is 24.3 Å². The van der Waals surface area contributed by atoms with Crippen molar-refractivity contribution in [3.8, 4) is 0 Å². The third kappa shape index (κ3) is 4.34. The van der Waals surface area contributed by atoms with Crippen molar-refractivity contribution in [1.82, 2.24) is 0 Å². The van der Waals surface area contributed by atoms with Gasteiger partial charge in [-0.2, -0.15) is 0 Å². The largest absolute Gasteiger partial charge is 0.392 e. The first kappa shape index (κ1) is 15.6. The Balaban J connectivity index is 1.80. The summed E-state index contributed by atoms with van der Waals surface area (Å²) >= 11 is 0. The van der Waals surface area contributed by atoms with Gasteiger partial charge in [0.25, 0.3) is 0 Å². The van der Waals surface area contributed by atoms with Gasteiger partial charge in [-0.15, -0.1) is 0 Å². The van der Waals surface area contributed by atoms with Crippen molar-refractivity contribution < 1.29 is 5.11 Å². The number of hydrogen-bond acceptors (Lipinski definition) is 1. The van der Waals surface area contributed by atoms with Crippen molar-refractivity contribution in [1.29, 1.82) is 0 Å². The van der Waals surface area contributed by atoms with Gasteiger partial charge in [-0.1, -0.05) is 63.3 Å². The Bertz CT molecular complexity index is 391. The number of hydrogen-bond donors (Lipinski definition) is 1. The average Bonchev–Trinajstić information content (AvgIpc) is 2.48. The summed E-state index contributed by atoms with van der Waals surface area (Å²) in [5, 5.41) is 10.5. The average molecular weight is 274 g/mol. The molecule has 2 rings (SSSR count). The molecule has 0 aliphatic heterocycles. The maximum absolute atomic E-state index is 10.5. The molecule has 0 spiro atoms. The van der Waals surface area contributed by atoms with E-state index in [0.29, 0.717) is 5.92 Å². The first-order valence-corrected chi connectivity index (χ1v) is 8.43. The Labute approximate surface area is 124 Å². The molecule has 20 heavy (non-hydrogen) atoms. The molecule has 0 heterocycles. The highest BCUT2D eigenvalue weighted by Gasteiger charge is 2.26. The molecule has 1 aliphatic carbocycles. The summed E-state index contributed by atoms with van der Waals surface area (Å²) < 4.78 is 0. The van der Waals surface area contributed by atoms with Crippen molar-refractivity contribution in [2.45, 2.75) is 71.3 Å². The predicted octanol–water partition coefficient (Wildman–Crippen LogP) is 4.90. The Morgan fingerprint density at radius 3 is 2.50 bits per heavy atom. The van der Waals surface area contributed by atoms with E-state index in [9.17, 15) is 5.11 Å². The maximum Gasteiger partial charge on any atom is 0.0608 e. The van der Waals surface area contributed by atoms with Crippen molar-refractivity contribution in [3.63, 3.8) is 0 Å². The zero-order chi connectivity index (χ0) is 14.4. The fraction of sp³-hybridized carbons (Fsp3) is 0.684. The Kier molecular flexibility index (Phi) is 6.09. The number of aryl methyl sites for hydroxylation is 1. The monoisotopic (exact) mass is 274 g/mol. The van der Waals surface area contributed by atoms with Crippen LogP contribution in [0.4, 0.5) is 0 Å². The van der Waals surface area contributed by atoms with Crippen molar-refractivity contribution in [3.05, 3.63) is 35.4 Å². The minimum atomic E-state index is -0.150. The van der Waals surface area contributed by atoms with Crippen LogP contribution >= 0.6 is 0 Å². The zero-order valence-corrected chi connectivity index (χ0v) is 13.1. The van der Waals surface area contributed by atoms with E-state index < -0.39 is 0 Å². The molecule has 1 unspecified atom stereocenters. The molecular formula is C19H30O. The standard InChI is InChI=1S/C19H30O/c1-3-4-8-16-10-12-17(13-11-16)19(20)14-18-9-6-5-7-15(18)2/h5-7,9,16-17,19-20H,3-4,8,10-14H2,1-2H3. The van der Waals surface area contributed by atoms with Gasteiger partial charge in [-0.25, -0.2) is 0 Å². The lowest BCUT2D eigenvalue weighted by atomic mass is 9.76. The second kappa shape index (κ2) is 7.83. The molecule has 0 saturated heterocycles. The molecule has 1 aliphatic rings. The van der Waals surface area contributed by atoms with Crippen LogP contribution in [0.3, 0.4) is 0 Å². The van der Waals surface area contributed by atoms with Crippen LogP contribution in [0.2, 0.25) is 0 Å². The van der Waals surface area contributed by atoms with E-state index in [1.807, 2.05) is 0 Å². The molecule has 0 amide bonds. The fourth-order valence-electron chi connectivity index (χ4n) is 3.59. The number of aliphatic hydroxyl groups is 1. The summed E-state index contributed by atoms with van der Waals surface area (Å²) in [5.41, 5.74) is 2.62. The van der Waals surface area contributed by atoms with Gasteiger partial charge >= 0.3 is 0 Å². The number of benzene rings is 1. The highest BCUT2D eigenvalue weighted by molar-refractivity contribution is 5.26. The van der Waals surface area contributed by atoms with Crippen LogP contribution in [-0.2, 0) is 6.42 Å². The van der Waals surface area contributed by atoms with Crippen molar-refractivity contribution >= 4 is 0 Å². The molecule has 0 aromatic heterocycles. The highest BCUT2D eigenvalue weighted by atomic mass is 16.3. The highest BCUT2D eigenvalue weighted by Crippen LogP contribution is 2.34. The second-order valence-electron chi connectivity index (χ2n) is 6.62. The summed E-state index contributed by atoms with van der Waals surface area (Å²) in [7, 11) is 0. The third-order valence-electron chi connectivity index (χ3n) is 5.09. The van der Waals surface area contributed by atoms with Gasteiger partial charge in [0.1, 0.15) is 0 Å². The lowest BCUT2D eigenvalue weighted by molar-refractivity contribution is 0.0725. The van der Waals surface area contributed by atoms with E-state index in [1.165, 1.54) is 56.1 Å². The number of unbranched alkanes of at least 4 members (excludes halogenated alkanes) is 1. The Morgan fingerprint density at radius 2 is 1.85 bits per heavy atom. The number of rotatable bonds is 6. The van der Waals surface area contributed by atoms with E-state index in [4.69, 9.17) is 0 Å². The first-order chi connectivity index (χ1) is 9.70. The molecule has 1 fully saturated rings. The quantitative estimate of drug-likeness (QED) is 0.782. The molecule has 1 aromatic carbocycles. The van der Waals surface area contributed by atoms with Crippen LogP contribution in [0.25, 0.3) is 0 Å². The fourth-order valence-corrected chi connectivity index (χ4v) is 3.59. The van der Waals surface area contributed by atoms with Crippen LogP contribution < -0.4 is 0 Å². The van der Waals surface area contributed by atoms with E-state index in [-0.39, 0.29) is 6.10 Å². The summed E-state index contributed by atoms with van der Waals surface area (Å²) in [6.07, 6.45) is 9.88. The lowest BCUT2D eigenvalue weighted by Crippen LogP contribution is -2.27. The van der Waals surface area contributed by atoms with Crippen LogP contribution in [0.5, 0.6) is 0 Å². The first-order valence-electron chi connectivity index (χ1n) is 8.43. The van der Waals surface area contributed by atoms with Gasteiger partial charge in [0.15, 0.2) is 0 Å². The minimum Gasteiger partial charge on any atom is -0.392 e. The summed E-state index contributed by atoms with van der Waals surface area (Å²) in [5.74, 6) is 1.45. The van der Waals surface area contributed by atoms with Gasteiger partial charge in [0.2, 0.25) is 0 Å². The molecule has 0 bridgehead atoms. The molecule has 1 N–H and O–H groups in total. The minimum absolute atomic E-state index is 0.150. The predicted molar refractivity (Wildman–Crippen MR) is 85.9 cm³/mol. The lowest BCUT2D eigenvalue weighted by Gasteiger charge is -2.31. The molecule has 1 saturated carbocycles. The zero-order valence-electron chi connectivity index (χ0n) is 13.1. The number of aliphatic hydroxyl groups excluding tert-OH is 1. The van der Waals surface area contributed by atoms with Crippen LogP contribution in [0, 0.1) is 18.8 Å². The van der Waals surface area contributed by atoms with E-state index in [0.717, 1.165) is 12.3 Å². The van der Waals surface area contributed by atoms with Crippen molar-refractivity contribution in [2.75, 3.05) is 0 Å². The van der Waals surface area contributed by atoms with Crippen LogP contribution in [0.1, 0.15) is 63.0 Å². The molecule has 0 radical (unpaired) electrons. The van der Waals surface area contributed by atoms with E-state index >= 15 is 0 Å². The topological polar surface area (TPSA) is 20.2 Å². The smallest absolute Gasteiger partial charge is 0.0608 e. The van der Waals surface area contributed by atoms with E-state index in [1.54, 1.807) is 0 Å². The second-order valence-corrected chi connectivity index (χ2v) is 6.62. The molecule has 112 valence electrons. The van der Waals surface area contributed by atoms with Gasteiger partial charge in [0.05, 0.1) is 6.10 Å². The molecule has 1 atom stereocenters. The summed E-state index contributed by atoms with van der Waals surface area (Å²) in [6, 6.07) is 8.45. The Hall–Kier alpha value is -0.820.